The molecule has 3 heteroatoms. The Hall–Kier alpha value is -0.830. The van der Waals surface area contributed by atoms with Crippen LogP contribution in [0.2, 0.25) is 0 Å². The van der Waals surface area contributed by atoms with E-state index in [2.05, 4.69) is 12.2 Å². The van der Waals surface area contributed by atoms with Crippen molar-refractivity contribution in [2.75, 3.05) is 6.61 Å². The number of hydrogen-bond acceptors (Lipinski definition) is 2. The first-order chi connectivity index (χ1) is 8.72. The van der Waals surface area contributed by atoms with Gasteiger partial charge in [0.05, 0.1) is 0 Å². The number of fused-ring (bicyclic) bond motifs is 2. The van der Waals surface area contributed by atoms with E-state index >= 15 is 0 Å². The average Bonchev–Trinajstić information content (AvgIpc) is 2.93. The maximum atomic E-state index is 10.4. The zero-order valence-corrected chi connectivity index (χ0v) is 10.9. The number of carboxylic acid groups (broad SMARTS) is 1. The largest absolute Gasteiger partial charge is 0.481 e. The fourth-order valence-electron chi connectivity index (χ4n) is 3.92. The van der Waals surface area contributed by atoms with Gasteiger partial charge in [-0.3, -0.25) is 4.79 Å². The van der Waals surface area contributed by atoms with Crippen molar-refractivity contribution in [1.29, 1.82) is 0 Å². The lowest BCUT2D eigenvalue weighted by molar-refractivity contribution is -0.137. The number of carboxylic acids is 1. The minimum Gasteiger partial charge on any atom is -0.481 e. The highest BCUT2D eigenvalue weighted by molar-refractivity contribution is 5.66. The quantitative estimate of drug-likeness (QED) is 0.541. The second-order valence-corrected chi connectivity index (χ2v) is 5.84. The van der Waals surface area contributed by atoms with Crippen LogP contribution in [-0.2, 0) is 4.79 Å². The van der Waals surface area contributed by atoms with Crippen molar-refractivity contribution in [2.24, 2.45) is 23.7 Å². The van der Waals surface area contributed by atoms with E-state index in [0.717, 1.165) is 31.1 Å². The highest BCUT2D eigenvalue weighted by atomic mass is 16.4. The standard InChI is InChI=1S/C15H24O3/c16-10-14-12-8-7-11(9-12)13(14)5-3-1-2-4-6-15(17)18/h1,3,11-14,16H,2,4-10H2,(H,17,18)/t11-,12+,13+,14-/m1/s1. The number of unbranched alkanes of at least 4 members (excludes halogenated alkanes) is 1. The summed E-state index contributed by atoms with van der Waals surface area (Å²) in [6.45, 7) is 0.346. The Morgan fingerprint density at radius 3 is 2.56 bits per heavy atom. The molecule has 0 aromatic carbocycles. The summed E-state index contributed by atoms with van der Waals surface area (Å²) in [5, 5.41) is 18.0. The lowest BCUT2D eigenvalue weighted by Gasteiger charge is -2.28. The number of aliphatic hydroxyl groups excluding tert-OH is 1. The first-order valence-corrected chi connectivity index (χ1v) is 7.20. The van der Waals surface area contributed by atoms with Gasteiger partial charge in [-0.15, -0.1) is 0 Å². The van der Waals surface area contributed by atoms with Crippen LogP contribution >= 0.6 is 0 Å². The molecule has 18 heavy (non-hydrogen) atoms. The molecule has 2 fully saturated rings. The Balaban J connectivity index is 1.69. The second-order valence-electron chi connectivity index (χ2n) is 5.84. The smallest absolute Gasteiger partial charge is 0.303 e. The lowest BCUT2D eigenvalue weighted by Crippen LogP contribution is -2.24. The van der Waals surface area contributed by atoms with E-state index in [1.54, 1.807) is 0 Å². The molecule has 0 aromatic rings. The van der Waals surface area contributed by atoms with E-state index in [1.807, 2.05) is 0 Å². The van der Waals surface area contributed by atoms with Crippen molar-refractivity contribution in [3.05, 3.63) is 12.2 Å². The van der Waals surface area contributed by atoms with Crippen molar-refractivity contribution >= 4 is 5.97 Å². The van der Waals surface area contributed by atoms with Crippen LogP contribution in [0.25, 0.3) is 0 Å². The molecule has 0 radical (unpaired) electrons. The van der Waals surface area contributed by atoms with Crippen molar-refractivity contribution in [1.82, 2.24) is 0 Å². The van der Waals surface area contributed by atoms with Gasteiger partial charge in [0.15, 0.2) is 0 Å². The summed E-state index contributed by atoms with van der Waals surface area (Å²) >= 11 is 0. The molecule has 0 heterocycles. The Morgan fingerprint density at radius 2 is 1.89 bits per heavy atom. The fourth-order valence-corrected chi connectivity index (χ4v) is 3.92. The minimum absolute atomic E-state index is 0.262. The first kappa shape index (κ1) is 13.6. The topological polar surface area (TPSA) is 57.5 Å². The summed E-state index contributed by atoms with van der Waals surface area (Å²) < 4.78 is 0. The first-order valence-electron chi connectivity index (χ1n) is 7.20. The van der Waals surface area contributed by atoms with Gasteiger partial charge in [-0.05, 0) is 62.2 Å². The van der Waals surface area contributed by atoms with Gasteiger partial charge in [0, 0.05) is 13.0 Å². The predicted molar refractivity (Wildman–Crippen MR) is 70.1 cm³/mol. The molecule has 0 amide bonds. The lowest BCUT2D eigenvalue weighted by atomic mass is 9.78. The van der Waals surface area contributed by atoms with Gasteiger partial charge >= 0.3 is 5.97 Å². The molecule has 0 aliphatic heterocycles. The molecule has 2 aliphatic rings. The molecule has 3 nitrogen and oxygen atoms in total. The molecule has 0 unspecified atom stereocenters. The van der Waals surface area contributed by atoms with Gasteiger partial charge in [0.25, 0.3) is 0 Å². The van der Waals surface area contributed by atoms with Crippen LogP contribution in [0.1, 0.15) is 44.9 Å². The van der Waals surface area contributed by atoms with E-state index < -0.39 is 5.97 Å². The summed E-state index contributed by atoms with van der Waals surface area (Å²) in [5.74, 6) is 2.08. The van der Waals surface area contributed by atoms with Crippen molar-refractivity contribution in [3.63, 3.8) is 0 Å². The van der Waals surface area contributed by atoms with Gasteiger partial charge in [-0.2, -0.15) is 0 Å². The van der Waals surface area contributed by atoms with E-state index in [0.29, 0.717) is 18.4 Å². The Bertz CT molecular complexity index is 311. The SMILES string of the molecule is O=C(O)CCCC=CC[C@H]1[C@@H]2CC[C@@H](C2)[C@H]1CO. The third-order valence-corrected chi connectivity index (χ3v) is 4.82. The highest BCUT2D eigenvalue weighted by Crippen LogP contribution is 2.53. The Kier molecular flexibility index (Phi) is 4.81. The monoisotopic (exact) mass is 252 g/mol. The number of hydrogen-bond donors (Lipinski definition) is 2. The van der Waals surface area contributed by atoms with E-state index in [9.17, 15) is 9.90 Å². The number of carbonyl (C=O) groups is 1. The maximum Gasteiger partial charge on any atom is 0.303 e. The van der Waals surface area contributed by atoms with Gasteiger partial charge in [0.2, 0.25) is 0 Å². The Labute approximate surface area is 109 Å². The maximum absolute atomic E-state index is 10.4. The van der Waals surface area contributed by atoms with Crippen LogP contribution in [0.4, 0.5) is 0 Å². The van der Waals surface area contributed by atoms with E-state index in [1.165, 1.54) is 19.3 Å². The van der Waals surface area contributed by atoms with Gasteiger partial charge in [-0.1, -0.05) is 12.2 Å². The van der Waals surface area contributed by atoms with Crippen molar-refractivity contribution < 1.29 is 15.0 Å². The second kappa shape index (κ2) is 6.37. The van der Waals surface area contributed by atoms with Gasteiger partial charge < -0.3 is 10.2 Å². The highest BCUT2D eigenvalue weighted by Gasteiger charge is 2.46. The van der Waals surface area contributed by atoms with E-state index in [-0.39, 0.29) is 6.42 Å². The fraction of sp³-hybridized carbons (Fsp3) is 0.800. The normalized spacial score (nSPS) is 34.5. The summed E-state index contributed by atoms with van der Waals surface area (Å²) in [5.41, 5.74) is 0. The Morgan fingerprint density at radius 1 is 1.17 bits per heavy atom. The molecule has 4 atom stereocenters. The molecule has 2 aliphatic carbocycles. The van der Waals surface area contributed by atoms with Crippen LogP contribution in [0.5, 0.6) is 0 Å². The zero-order chi connectivity index (χ0) is 13.0. The van der Waals surface area contributed by atoms with Crippen LogP contribution in [0.15, 0.2) is 12.2 Å². The third kappa shape index (κ3) is 3.14. The number of aliphatic carboxylic acids is 1. The molecule has 0 aromatic heterocycles. The average molecular weight is 252 g/mol. The van der Waals surface area contributed by atoms with Crippen LogP contribution in [-0.4, -0.2) is 22.8 Å². The summed E-state index contributed by atoms with van der Waals surface area (Å²) in [6.07, 6.45) is 11.2. The number of rotatable bonds is 7. The number of allylic oxidation sites excluding steroid dienone is 2. The molecule has 102 valence electrons. The molecule has 2 saturated carbocycles. The summed E-state index contributed by atoms with van der Waals surface area (Å²) in [6, 6.07) is 0. The van der Waals surface area contributed by atoms with Crippen molar-refractivity contribution in [2.45, 2.75) is 44.9 Å². The van der Waals surface area contributed by atoms with Crippen LogP contribution in [0.3, 0.4) is 0 Å². The third-order valence-electron chi connectivity index (χ3n) is 4.82. The molecule has 0 saturated heterocycles. The molecule has 2 rings (SSSR count). The molecule has 2 N–H and O–H groups in total. The zero-order valence-electron chi connectivity index (χ0n) is 10.9. The summed E-state index contributed by atoms with van der Waals surface area (Å²) in [4.78, 5) is 10.4. The molecule has 0 spiro atoms. The number of aliphatic hydroxyl groups is 1. The van der Waals surface area contributed by atoms with Crippen LogP contribution < -0.4 is 0 Å². The van der Waals surface area contributed by atoms with Crippen LogP contribution in [0, 0.1) is 23.7 Å². The minimum atomic E-state index is -0.711. The molecule has 2 bridgehead atoms. The molecular formula is C15H24O3. The van der Waals surface area contributed by atoms with Gasteiger partial charge in [-0.25, -0.2) is 0 Å². The summed E-state index contributed by atoms with van der Waals surface area (Å²) in [7, 11) is 0. The van der Waals surface area contributed by atoms with Crippen molar-refractivity contribution in [3.8, 4) is 0 Å². The molecular weight excluding hydrogens is 228 g/mol. The van der Waals surface area contributed by atoms with E-state index in [4.69, 9.17) is 5.11 Å². The predicted octanol–water partition coefficient (Wildman–Crippen LogP) is 2.84. The van der Waals surface area contributed by atoms with Gasteiger partial charge in [0.1, 0.15) is 0 Å².